The van der Waals surface area contributed by atoms with Gasteiger partial charge < -0.3 is 9.32 Å². The maximum absolute atomic E-state index is 11.9. The Labute approximate surface area is 102 Å². The lowest BCUT2D eigenvalue weighted by molar-refractivity contribution is -0.137. The van der Waals surface area contributed by atoms with Crippen LogP contribution >= 0.6 is 0 Å². The highest BCUT2D eigenvalue weighted by molar-refractivity contribution is 5.96. The highest BCUT2D eigenvalue weighted by Crippen LogP contribution is 2.13. The Bertz CT molecular complexity index is 407. The van der Waals surface area contributed by atoms with Gasteiger partial charge in [-0.2, -0.15) is 0 Å². The lowest BCUT2D eigenvalue weighted by atomic mass is 10.2. The number of nitrogens with zero attached hydrogens (tertiary/aromatic N) is 1. The monoisotopic (exact) mass is 237 g/mol. The molecule has 1 amide bonds. The summed E-state index contributed by atoms with van der Waals surface area (Å²) < 4.78 is 5.44. The van der Waals surface area contributed by atoms with Crippen LogP contribution < -0.4 is 0 Å². The molecule has 94 valence electrons. The van der Waals surface area contributed by atoms with Crippen LogP contribution in [0.15, 0.2) is 16.5 Å². The second-order valence-electron chi connectivity index (χ2n) is 4.51. The minimum atomic E-state index is -0.151. The van der Waals surface area contributed by atoms with Gasteiger partial charge in [0, 0.05) is 6.04 Å². The van der Waals surface area contributed by atoms with Gasteiger partial charge in [-0.3, -0.25) is 9.59 Å². The van der Waals surface area contributed by atoms with Crippen LogP contribution in [0.5, 0.6) is 0 Å². The first-order valence-electron chi connectivity index (χ1n) is 5.74. The van der Waals surface area contributed by atoms with Crippen LogP contribution in [0.25, 0.3) is 0 Å². The standard InChI is InChI=1S/C13H19NO3/c1-9(2)14(13(16)7-10(3)15)8-12-6-5-11(4)17-12/h5-6,9H,7-8H2,1-4H3. The zero-order valence-electron chi connectivity index (χ0n) is 10.8. The van der Waals surface area contributed by atoms with Crippen LogP contribution in [0.4, 0.5) is 0 Å². The topological polar surface area (TPSA) is 50.5 Å². The molecule has 4 nitrogen and oxygen atoms in total. The van der Waals surface area contributed by atoms with Gasteiger partial charge in [-0.15, -0.1) is 0 Å². The van der Waals surface area contributed by atoms with Crippen LogP contribution in [0.1, 0.15) is 38.7 Å². The highest BCUT2D eigenvalue weighted by atomic mass is 16.3. The lowest BCUT2D eigenvalue weighted by Crippen LogP contribution is -2.37. The first-order valence-corrected chi connectivity index (χ1v) is 5.74. The molecule has 1 aromatic rings. The summed E-state index contributed by atoms with van der Waals surface area (Å²) in [4.78, 5) is 24.5. The normalized spacial score (nSPS) is 10.6. The molecule has 0 fully saturated rings. The van der Waals surface area contributed by atoms with Gasteiger partial charge in [-0.25, -0.2) is 0 Å². The van der Waals surface area contributed by atoms with E-state index in [1.165, 1.54) is 6.92 Å². The zero-order chi connectivity index (χ0) is 13.0. The molecule has 0 bridgehead atoms. The quantitative estimate of drug-likeness (QED) is 0.738. The van der Waals surface area contributed by atoms with Gasteiger partial charge in [-0.05, 0) is 39.8 Å². The molecule has 0 aromatic carbocycles. The number of amides is 1. The van der Waals surface area contributed by atoms with Gasteiger partial charge in [0.25, 0.3) is 0 Å². The van der Waals surface area contributed by atoms with Crippen LogP contribution in [-0.4, -0.2) is 22.6 Å². The van der Waals surface area contributed by atoms with Crippen LogP contribution in [0.2, 0.25) is 0 Å². The molecule has 0 saturated heterocycles. The van der Waals surface area contributed by atoms with Crippen LogP contribution in [0, 0.1) is 6.92 Å². The van der Waals surface area contributed by atoms with Crippen molar-refractivity contribution in [3.63, 3.8) is 0 Å². The fraction of sp³-hybridized carbons (Fsp3) is 0.538. The predicted molar refractivity (Wildman–Crippen MR) is 64.4 cm³/mol. The first-order chi connectivity index (χ1) is 7.90. The summed E-state index contributed by atoms with van der Waals surface area (Å²) in [7, 11) is 0. The number of hydrogen-bond donors (Lipinski definition) is 0. The van der Waals surface area contributed by atoms with Gasteiger partial charge >= 0.3 is 0 Å². The third-order valence-electron chi connectivity index (χ3n) is 2.47. The molecule has 0 aliphatic heterocycles. The van der Waals surface area contributed by atoms with Crippen molar-refractivity contribution in [2.45, 2.75) is 46.7 Å². The van der Waals surface area contributed by atoms with E-state index in [1.807, 2.05) is 32.9 Å². The second kappa shape index (κ2) is 5.66. The molecule has 1 aromatic heterocycles. The number of furan rings is 1. The van der Waals surface area contributed by atoms with Crippen LogP contribution in [-0.2, 0) is 16.1 Å². The number of Topliss-reactive ketones (excluding diaryl/α,β-unsaturated/α-hetero) is 1. The van der Waals surface area contributed by atoms with E-state index in [1.54, 1.807) is 4.90 Å². The van der Waals surface area contributed by atoms with Crippen molar-refractivity contribution in [1.29, 1.82) is 0 Å². The van der Waals surface area contributed by atoms with Gasteiger partial charge in [0.05, 0.1) is 13.0 Å². The minimum Gasteiger partial charge on any atom is -0.464 e. The van der Waals surface area contributed by atoms with E-state index in [-0.39, 0.29) is 24.2 Å². The van der Waals surface area contributed by atoms with Crippen molar-refractivity contribution < 1.29 is 14.0 Å². The highest BCUT2D eigenvalue weighted by Gasteiger charge is 2.19. The van der Waals surface area contributed by atoms with E-state index >= 15 is 0 Å². The maximum Gasteiger partial charge on any atom is 0.230 e. The minimum absolute atomic E-state index is 0.0438. The summed E-state index contributed by atoms with van der Waals surface area (Å²) in [5.74, 6) is 1.30. The van der Waals surface area contributed by atoms with Crippen molar-refractivity contribution in [1.82, 2.24) is 4.90 Å². The van der Waals surface area contributed by atoms with Gasteiger partial charge in [0.15, 0.2) is 0 Å². The summed E-state index contributed by atoms with van der Waals surface area (Å²) >= 11 is 0. The molecule has 1 rings (SSSR count). The molecule has 17 heavy (non-hydrogen) atoms. The van der Waals surface area contributed by atoms with Crippen molar-refractivity contribution in [3.8, 4) is 0 Å². The summed E-state index contributed by atoms with van der Waals surface area (Å²) in [6, 6.07) is 3.77. The molecule has 0 aliphatic carbocycles. The zero-order valence-corrected chi connectivity index (χ0v) is 10.8. The third kappa shape index (κ3) is 4.06. The van der Waals surface area contributed by atoms with E-state index in [9.17, 15) is 9.59 Å². The fourth-order valence-corrected chi connectivity index (χ4v) is 1.61. The molecule has 0 unspecified atom stereocenters. The average Bonchev–Trinajstić information content (AvgIpc) is 2.58. The SMILES string of the molecule is CC(=O)CC(=O)N(Cc1ccc(C)o1)C(C)C. The average molecular weight is 237 g/mol. The van der Waals surface area contributed by atoms with E-state index in [0.29, 0.717) is 6.54 Å². The van der Waals surface area contributed by atoms with Crippen molar-refractivity contribution in [2.75, 3.05) is 0 Å². The molecule has 4 heteroatoms. The number of ketones is 1. The Balaban J connectivity index is 2.73. The Kier molecular flexibility index (Phi) is 4.49. The van der Waals surface area contributed by atoms with E-state index in [0.717, 1.165) is 11.5 Å². The van der Waals surface area contributed by atoms with Gasteiger partial charge in [0.2, 0.25) is 5.91 Å². The molecule has 0 spiro atoms. The van der Waals surface area contributed by atoms with E-state index in [2.05, 4.69) is 0 Å². The molecule has 0 saturated carbocycles. The maximum atomic E-state index is 11.9. The number of carbonyl (C=O) groups excluding carboxylic acids is 2. The fourth-order valence-electron chi connectivity index (χ4n) is 1.61. The Morgan fingerprint density at radius 2 is 2.00 bits per heavy atom. The summed E-state index contributed by atoms with van der Waals surface area (Å²) in [5.41, 5.74) is 0. The smallest absolute Gasteiger partial charge is 0.230 e. The number of aryl methyl sites for hydroxylation is 1. The molecule has 0 radical (unpaired) electrons. The Morgan fingerprint density at radius 1 is 1.35 bits per heavy atom. The molecule has 0 atom stereocenters. The number of hydrogen-bond acceptors (Lipinski definition) is 3. The van der Waals surface area contributed by atoms with E-state index < -0.39 is 0 Å². The van der Waals surface area contributed by atoms with Gasteiger partial charge in [0.1, 0.15) is 17.3 Å². The Morgan fingerprint density at radius 3 is 2.41 bits per heavy atom. The summed E-state index contributed by atoms with van der Waals surface area (Å²) in [6.07, 6.45) is -0.0438. The second-order valence-corrected chi connectivity index (χ2v) is 4.51. The molecule has 0 N–H and O–H groups in total. The third-order valence-corrected chi connectivity index (χ3v) is 2.47. The van der Waals surface area contributed by atoms with Gasteiger partial charge in [-0.1, -0.05) is 0 Å². The molecular formula is C13H19NO3. The number of carbonyl (C=O) groups is 2. The van der Waals surface area contributed by atoms with Crippen molar-refractivity contribution in [3.05, 3.63) is 23.7 Å². The van der Waals surface area contributed by atoms with Crippen LogP contribution in [0.3, 0.4) is 0 Å². The largest absolute Gasteiger partial charge is 0.464 e. The summed E-state index contributed by atoms with van der Waals surface area (Å²) in [5, 5.41) is 0. The van der Waals surface area contributed by atoms with E-state index in [4.69, 9.17) is 4.42 Å². The number of rotatable bonds is 5. The first kappa shape index (κ1) is 13.5. The van der Waals surface area contributed by atoms with Crippen molar-refractivity contribution in [2.24, 2.45) is 0 Å². The Hall–Kier alpha value is -1.58. The summed E-state index contributed by atoms with van der Waals surface area (Å²) in [6.45, 7) is 7.55. The predicted octanol–water partition coefficient (Wildman–Crippen LogP) is 2.30. The molecular weight excluding hydrogens is 218 g/mol. The molecule has 1 heterocycles. The molecule has 0 aliphatic rings. The lowest BCUT2D eigenvalue weighted by Gasteiger charge is -2.25. The van der Waals surface area contributed by atoms with Crippen molar-refractivity contribution >= 4 is 11.7 Å².